The van der Waals surface area contributed by atoms with Gasteiger partial charge in [0.2, 0.25) is 0 Å². The van der Waals surface area contributed by atoms with Gasteiger partial charge in [0, 0.05) is 11.4 Å². The molecular formula is C11H19N3. The van der Waals surface area contributed by atoms with Gasteiger partial charge in [-0.05, 0) is 44.7 Å². The van der Waals surface area contributed by atoms with E-state index < -0.39 is 0 Å². The summed E-state index contributed by atoms with van der Waals surface area (Å²) < 4.78 is 0. The molecule has 1 aromatic rings. The van der Waals surface area contributed by atoms with E-state index in [2.05, 4.69) is 29.5 Å². The first-order valence-electron chi connectivity index (χ1n) is 5.14. The first-order chi connectivity index (χ1) is 6.77. The van der Waals surface area contributed by atoms with Gasteiger partial charge in [-0.1, -0.05) is 6.92 Å². The zero-order valence-electron chi connectivity index (χ0n) is 9.25. The number of hydrogen-bond acceptors (Lipinski definition) is 3. The van der Waals surface area contributed by atoms with E-state index in [-0.39, 0.29) is 0 Å². The lowest BCUT2D eigenvalue weighted by molar-refractivity contribution is 0.488. The average molecular weight is 193 g/mol. The number of aryl methyl sites for hydroxylation is 1. The Morgan fingerprint density at radius 1 is 1.36 bits per heavy atom. The van der Waals surface area contributed by atoms with Crippen molar-refractivity contribution in [3.63, 3.8) is 0 Å². The molecule has 1 heterocycles. The van der Waals surface area contributed by atoms with E-state index in [4.69, 9.17) is 0 Å². The standard InChI is InChI=1S/C10H14N2.CH5N/c1-7-3-4-9-8(2)11-6-12-10(9)5-7;1-2/h6-7H,3-5H2,1-2H3;2H2,1H3. The summed E-state index contributed by atoms with van der Waals surface area (Å²) >= 11 is 0. The minimum absolute atomic E-state index is 0.798. The lowest BCUT2D eigenvalue weighted by Crippen LogP contribution is -2.14. The molecule has 1 aliphatic carbocycles. The maximum absolute atomic E-state index is 4.50. The van der Waals surface area contributed by atoms with Crippen LogP contribution in [0.15, 0.2) is 6.33 Å². The summed E-state index contributed by atoms with van der Waals surface area (Å²) in [5, 5.41) is 0. The van der Waals surface area contributed by atoms with Crippen LogP contribution in [0.2, 0.25) is 0 Å². The Morgan fingerprint density at radius 2 is 2.07 bits per heavy atom. The first kappa shape index (κ1) is 11.1. The van der Waals surface area contributed by atoms with Crippen LogP contribution < -0.4 is 5.73 Å². The minimum atomic E-state index is 0.798. The van der Waals surface area contributed by atoms with Gasteiger partial charge in [-0.3, -0.25) is 0 Å². The normalized spacial score (nSPS) is 19.3. The number of fused-ring (bicyclic) bond motifs is 1. The Kier molecular flexibility index (Phi) is 4.01. The van der Waals surface area contributed by atoms with Crippen LogP contribution in [0.3, 0.4) is 0 Å². The molecule has 3 nitrogen and oxygen atoms in total. The first-order valence-corrected chi connectivity index (χ1v) is 5.14. The SMILES string of the molecule is CN.Cc1ncnc2c1CCC(C)C2. The van der Waals surface area contributed by atoms with Crippen molar-refractivity contribution in [3.8, 4) is 0 Å². The van der Waals surface area contributed by atoms with E-state index in [1.54, 1.807) is 6.33 Å². The Hall–Kier alpha value is -0.960. The molecule has 3 heteroatoms. The molecular weight excluding hydrogens is 174 g/mol. The van der Waals surface area contributed by atoms with Gasteiger partial charge < -0.3 is 5.73 Å². The number of nitrogens with two attached hydrogens (primary N) is 1. The highest BCUT2D eigenvalue weighted by Gasteiger charge is 2.17. The lowest BCUT2D eigenvalue weighted by atomic mass is 9.88. The van der Waals surface area contributed by atoms with Gasteiger partial charge in [0.15, 0.2) is 0 Å². The zero-order valence-corrected chi connectivity index (χ0v) is 9.25. The van der Waals surface area contributed by atoms with Crippen LogP contribution in [0.5, 0.6) is 0 Å². The summed E-state index contributed by atoms with van der Waals surface area (Å²) in [5.41, 5.74) is 8.35. The largest absolute Gasteiger partial charge is 0.333 e. The topological polar surface area (TPSA) is 51.8 Å². The lowest BCUT2D eigenvalue weighted by Gasteiger charge is -2.20. The van der Waals surface area contributed by atoms with E-state index in [9.17, 15) is 0 Å². The molecule has 14 heavy (non-hydrogen) atoms. The second-order valence-corrected chi connectivity index (χ2v) is 3.73. The van der Waals surface area contributed by atoms with Gasteiger partial charge >= 0.3 is 0 Å². The highest BCUT2D eigenvalue weighted by Crippen LogP contribution is 2.24. The third-order valence-corrected chi connectivity index (χ3v) is 2.68. The van der Waals surface area contributed by atoms with Gasteiger partial charge in [0.05, 0.1) is 0 Å². The molecule has 0 saturated carbocycles. The number of hydrogen-bond donors (Lipinski definition) is 1. The molecule has 0 aliphatic heterocycles. The van der Waals surface area contributed by atoms with E-state index >= 15 is 0 Å². The fourth-order valence-corrected chi connectivity index (χ4v) is 1.87. The van der Waals surface area contributed by atoms with Crippen LogP contribution in [0.1, 0.15) is 30.3 Å². The van der Waals surface area contributed by atoms with Crippen LogP contribution in [0, 0.1) is 12.8 Å². The van der Waals surface area contributed by atoms with Crippen LogP contribution in [-0.4, -0.2) is 17.0 Å². The molecule has 0 saturated heterocycles. The maximum Gasteiger partial charge on any atom is 0.115 e. The average Bonchev–Trinajstić information content (AvgIpc) is 2.21. The Balaban J connectivity index is 0.000000461. The van der Waals surface area contributed by atoms with Gasteiger partial charge in [0.25, 0.3) is 0 Å². The predicted molar refractivity (Wildman–Crippen MR) is 58.1 cm³/mol. The van der Waals surface area contributed by atoms with Crippen molar-refractivity contribution in [2.75, 3.05) is 7.05 Å². The summed E-state index contributed by atoms with van der Waals surface area (Å²) in [5.74, 6) is 0.798. The van der Waals surface area contributed by atoms with Crippen molar-refractivity contribution in [1.29, 1.82) is 0 Å². The molecule has 1 unspecified atom stereocenters. The summed E-state index contributed by atoms with van der Waals surface area (Å²) in [7, 11) is 1.50. The molecule has 1 aromatic heterocycles. The minimum Gasteiger partial charge on any atom is -0.333 e. The summed E-state index contributed by atoms with van der Waals surface area (Å²) in [4.78, 5) is 8.53. The van der Waals surface area contributed by atoms with Crippen LogP contribution in [0.25, 0.3) is 0 Å². The highest BCUT2D eigenvalue weighted by atomic mass is 14.8. The Labute approximate surface area is 85.8 Å². The molecule has 0 radical (unpaired) electrons. The van der Waals surface area contributed by atoms with Gasteiger partial charge in [-0.15, -0.1) is 0 Å². The molecule has 0 bridgehead atoms. The number of aromatic nitrogens is 2. The second kappa shape index (κ2) is 5.05. The molecule has 0 aromatic carbocycles. The molecule has 78 valence electrons. The Bertz CT molecular complexity index is 297. The van der Waals surface area contributed by atoms with Crippen LogP contribution in [0.4, 0.5) is 0 Å². The quantitative estimate of drug-likeness (QED) is 0.679. The third kappa shape index (κ3) is 2.29. The van der Waals surface area contributed by atoms with Crippen molar-refractivity contribution in [3.05, 3.63) is 23.3 Å². The zero-order chi connectivity index (χ0) is 10.6. The molecule has 0 fully saturated rings. The van der Waals surface area contributed by atoms with Gasteiger partial charge in [-0.2, -0.15) is 0 Å². The number of rotatable bonds is 0. The highest BCUT2D eigenvalue weighted by molar-refractivity contribution is 5.26. The van der Waals surface area contributed by atoms with Gasteiger partial charge in [-0.25, -0.2) is 9.97 Å². The van der Waals surface area contributed by atoms with E-state index in [0.29, 0.717) is 0 Å². The predicted octanol–water partition coefficient (Wildman–Crippen LogP) is 1.48. The number of nitrogens with zero attached hydrogens (tertiary/aromatic N) is 2. The van der Waals surface area contributed by atoms with Crippen LogP contribution in [-0.2, 0) is 12.8 Å². The van der Waals surface area contributed by atoms with E-state index in [1.807, 2.05) is 0 Å². The van der Waals surface area contributed by atoms with E-state index in [0.717, 1.165) is 12.3 Å². The molecule has 1 atom stereocenters. The fourth-order valence-electron chi connectivity index (χ4n) is 1.87. The summed E-state index contributed by atoms with van der Waals surface area (Å²) in [6.07, 6.45) is 5.29. The van der Waals surface area contributed by atoms with Crippen molar-refractivity contribution >= 4 is 0 Å². The van der Waals surface area contributed by atoms with Crippen molar-refractivity contribution in [2.24, 2.45) is 11.7 Å². The van der Waals surface area contributed by atoms with Gasteiger partial charge in [0.1, 0.15) is 6.33 Å². The van der Waals surface area contributed by atoms with Crippen molar-refractivity contribution in [1.82, 2.24) is 9.97 Å². The van der Waals surface area contributed by atoms with Crippen molar-refractivity contribution < 1.29 is 0 Å². The maximum atomic E-state index is 4.50. The van der Waals surface area contributed by atoms with Crippen molar-refractivity contribution in [2.45, 2.75) is 33.1 Å². The second-order valence-electron chi connectivity index (χ2n) is 3.73. The monoisotopic (exact) mass is 193 g/mol. The fraction of sp³-hybridized carbons (Fsp3) is 0.636. The smallest absolute Gasteiger partial charge is 0.115 e. The van der Waals surface area contributed by atoms with Crippen LogP contribution >= 0.6 is 0 Å². The molecule has 1 aliphatic rings. The molecule has 2 rings (SSSR count). The molecule has 0 spiro atoms. The Morgan fingerprint density at radius 3 is 2.79 bits per heavy atom. The summed E-state index contributed by atoms with van der Waals surface area (Å²) in [6.45, 7) is 4.37. The third-order valence-electron chi connectivity index (χ3n) is 2.68. The molecule has 0 amide bonds. The summed E-state index contributed by atoms with van der Waals surface area (Å²) in [6, 6.07) is 0. The van der Waals surface area contributed by atoms with E-state index in [1.165, 1.54) is 36.8 Å². The molecule has 2 N–H and O–H groups in total.